The van der Waals surface area contributed by atoms with Gasteiger partial charge in [-0.25, -0.2) is 9.97 Å². The Morgan fingerprint density at radius 2 is 1.09 bits per heavy atom. The van der Waals surface area contributed by atoms with E-state index >= 15 is 0 Å². The van der Waals surface area contributed by atoms with Gasteiger partial charge in [-0.3, -0.25) is 4.57 Å². The molecule has 4 aromatic heterocycles. The fourth-order valence-electron chi connectivity index (χ4n) is 6.50. The van der Waals surface area contributed by atoms with Gasteiger partial charge in [0.15, 0.2) is 17.2 Å². The van der Waals surface area contributed by atoms with E-state index < -0.39 is 0 Å². The number of aromatic nitrogens is 5. The molecule has 47 heavy (non-hydrogen) atoms. The first-order valence-corrected chi connectivity index (χ1v) is 16.2. The van der Waals surface area contributed by atoms with Crippen molar-refractivity contribution in [3.05, 3.63) is 140 Å². The second kappa shape index (κ2) is 10.2. The largest absolute Gasteiger partial charge is 0.436 e. The predicted octanol–water partition coefficient (Wildman–Crippen LogP) is 10.5. The number of hydrogen-bond donors (Lipinski definition) is 0. The van der Waals surface area contributed by atoms with Crippen LogP contribution in [0.5, 0.6) is 0 Å². The van der Waals surface area contributed by atoms with Crippen LogP contribution in [0, 0.1) is 0 Å². The third-order valence-electron chi connectivity index (χ3n) is 8.71. The maximum atomic E-state index is 6.12. The molecular formula is C40H23N5OS. The fourth-order valence-corrected chi connectivity index (χ4v) is 7.64. The number of benzene rings is 6. The highest BCUT2D eigenvalue weighted by molar-refractivity contribution is 7.25. The number of fused-ring (bicyclic) bond motifs is 7. The van der Waals surface area contributed by atoms with E-state index in [-0.39, 0.29) is 0 Å². The summed E-state index contributed by atoms with van der Waals surface area (Å²) in [5.74, 6) is 2.31. The van der Waals surface area contributed by atoms with Gasteiger partial charge in [-0.05, 0) is 54.6 Å². The minimum absolute atomic E-state index is 0.559. The highest BCUT2D eigenvalue weighted by Gasteiger charge is 2.19. The van der Waals surface area contributed by atoms with Crippen LogP contribution in [0.15, 0.2) is 144 Å². The van der Waals surface area contributed by atoms with Gasteiger partial charge in [-0.15, -0.1) is 11.3 Å². The Hall–Kier alpha value is -6.18. The van der Waals surface area contributed by atoms with Crippen LogP contribution in [-0.4, -0.2) is 24.5 Å². The topological polar surface area (TPSA) is 69.6 Å². The van der Waals surface area contributed by atoms with E-state index in [4.69, 9.17) is 24.4 Å². The molecule has 0 radical (unpaired) electrons. The molecule has 10 rings (SSSR count). The molecule has 0 unspecified atom stereocenters. The quantitative estimate of drug-likeness (QED) is 0.196. The molecule has 0 fully saturated rings. The molecule has 0 aliphatic carbocycles. The van der Waals surface area contributed by atoms with Crippen LogP contribution < -0.4 is 0 Å². The van der Waals surface area contributed by atoms with Gasteiger partial charge < -0.3 is 4.42 Å². The number of rotatable bonds is 4. The summed E-state index contributed by atoms with van der Waals surface area (Å²) in [7, 11) is 0. The van der Waals surface area contributed by atoms with Crippen LogP contribution in [0.2, 0.25) is 0 Å². The maximum absolute atomic E-state index is 6.12. The Morgan fingerprint density at radius 3 is 1.85 bits per heavy atom. The van der Waals surface area contributed by atoms with Crippen molar-refractivity contribution < 1.29 is 4.42 Å². The first kappa shape index (κ1) is 26.1. The number of hydrogen-bond acceptors (Lipinski definition) is 6. The second-order valence-corrected chi connectivity index (χ2v) is 12.6. The van der Waals surface area contributed by atoms with E-state index in [1.165, 1.54) is 20.2 Å². The van der Waals surface area contributed by atoms with Crippen molar-refractivity contribution >= 4 is 64.4 Å². The molecule has 220 valence electrons. The number of thiophene rings is 1. The van der Waals surface area contributed by atoms with E-state index in [1.807, 2.05) is 48.5 Å². The molecule has 0 amide bonds. The SMILES string of the molecule is c1ccc(-c2nc3cc(-c4nc(-c5ccc6c(c5)sc5ccccc56)nc(-n5c6ccccc6c6ccccc65)n4)ccc3o2)cc1. The lowest BCUT2D eigenvalue weighted by Gasteiger charge is -2.11. The van der Waals surface area contributed by atoms with Crippen molar-refractivity contribution in [1.29, 1.82) is 0 Å². The molecule has 0 saturated heterocycles. The van der Waals surface area contributed by atoms with Gasteiger partial charge in [0.2, 0.25) is 11.8 Å². The molecule has 0 bridgehead atoms. The Kier molecular flexibility index (Phi) is 5.64. The Morgan fingerprint density at radius 1 is 0.468 bits per heavy atom. The Labute approximate surface area is 272 Å². The molecule has 0 atom stereocenters. The van der Waals surface area contributed by atoms with Gasteiger partial charge in [0.1, 0.15) is 5.52 Å². The molecule has 0 aliphatic heterocycles. The second-order valence-electron chi connectivity index (χ2n) is 11.5. The van der Waals surface area contributed by atoms with Gasteiger partial charge >= 0.3 is 0 Å². The first-order valence-electron chi connectivity index (χ1n) is 15.4. The van der Waals surface area contributed by atoms with Gasteiger partial charge in [0, 0.05) is 47.6 Å². The molecular weight excluding hydrogens is 599 g/mol. The molecule has 10 aromatic rings. The lowest BCUT2D eigenvalue weighted by molar-refractivity contribution is 0.620. The highest BCUT2D eigenvalue weighted by atomic mass is 32.1. The molecule has 0 saturated carbocycles. The van der Waals surface area contributed by atoms with Crippen molar-refractivity contribution in [3.63, 3.8) is 0 Å². The summed E-state index contributed by atoms with van der Waals surface area (Å²) in [6, 6.07) is 47.7. The number of nitrogens with zero attached hydrogens (tertiary/aromatic N) is 5. The Bertz CT molecular complexity index is 2760. The average Bonchev–Trinajstić information content (AvgIpc) is 3.83. The Balaban J connectivity index is 1.21. The van der Waals surface area contributed by atoms with E-state index in [0.29, 0.717) is 29.1 Å². The molecule has 6 nitrogen and oxygen atoms in total. The molecule has 0 spiro atoms. The average molecular weight is 622 g/mol. The fraction of sp³-hybridized carbons (Fsp3) is 0. The summed E-state index contributed by atoms with van der Waals surface area (Å²) in [6.07, 6.45) is 0. The van der Waals surface area contributed by atoms with Crippen LogP contribution in [-0.2, 0) is 0 Å². The number of para-hydroxylation sites is 2. The summed E-state index contributed by atoms with van der Waals surface area (Å²) < 4.78 is 10.7. The van der Waals surface area contributed by atoms with E-state index in [2.05, 4.69) is 95.6 Å². The highest BCUT2D eigenvalue weighted by Crippen LogP contribution is 2.37. The monoisotopic (exact) mass is 621 g/mol. The predicted molar refractivity (Wildman–Crippen MR) is 191 cm³/mol. The maximum Gasteiger partial charge on any atom is 0.238 e. The normalized spacial score (nSPS) is 11.8. The molecule has 0 N–H and O–H groups in total. The zero-order chi connectivity index (χ0) is 30.9. The van der Waals surface area contributed by atoms with Crippen LogP contribution >= 0.6 is 11.3 Å². The van der Waals surface area contributed by atoms with Crippen molar-refractivity contribution in [2.24, 2.45) is 0 Å². The van der Waals surface area contributed by atoms with Gasteiger partial charge in [0.25, 0.3) is 0 Å². The van der Waals surface area contributed by atoms with Crippen molar-refractivity contribution in [2.75, 3.05) is 0 Å². The zero-order valence-electron chi connectivity index (χ0n) is 24.8. The van der Waals surface area contributed by atoms with Crippen LogP contribution in [0.3, 0.4) is 0 Å². The van der Waals surface area contributed by atoms with Crippen LogP contribution in [0.25, 0.3) is 93.3 Å². The first-order chi connectivity index (χ1) is 23.3. The van der Waals surface area contributed by atoms with Crippen molar-refractivity contribution in [2.45, 2.75) is 0 Å². The number of oxazole rings is 1. The van der Waals surface area contributed by atoms with E-state index in [1.54, 1.807) is 11.3 Å². The van der Waals surface area contributed by atoms with Gasteiger partial charge in [-0.1, -0.05) is 84.9 Å². The van der Waals surface area contributed by atoms with Gasteiger partial charge in [0.05, 0.1) is 11.0 Å². The van der Waals surface area contributed by atoms with Crippen LogP contribution in [0.1, 0.15) is 0 Å². The minimum atomic E-state index is 0.559. The molecule has 4 heterocycles. The summed E-state index contributed by atoms with van der Waals surface area (Å²) in [5, 5.41) is 4.79. The van der Waals surface area contributed by atoms with E-state index in [9.17, 15) is 0 Å². The summed E-state index contributed by atoms with van der Waals surface area (Å²) in [5.41, 5.74) is 6.22. The smallest absolute Gasteiger partial charge is 0.238 e. The lowest BCUT2D eigenvalue weighted by atomic mass is 10.1. The molecule has 0 aliphatic rings. The van der Waals surface area contributed by atoms with E-state index in [0.717, 1.165) is 44.0 Å². The summed E-state index contributed by atoms with van der Waals surface area (Å²) >= 11 is 1.78. The third kappa shape index (κ3) is 4.17. The van der Waals surface area contributed by atoms with Crippen LogP contribution in [0.4, 0.5) is 0 Å². The van der Waals surface area contributed by atoms with Crippen molar-refractivity contribution in [3.8, 4) is 40.2 Å². The van der Waals surface area contributed by atoms with Crippen molar-refractivity contribution in [1.82, 2.24) is 24.5 Å². The molecule has 6 aromatic carbocycles. The standard InChI is InChI=1S/C40H23N5OS/c1-2-10-24(11-3-1)39-41-31-22-25(19-21-34(31)46-39)37-42-38(26-18-20-30-29-14-6-9-17-35(29)47-36(30)23-26)44-40(43-37)45-32-15-7-4-12-27(32)28-13-5-8-16-33(28)45/h1-23H. The third-order valence-corrected chi connectivity index (χ3v) is 9.84. The summed E-state index contributed by atoms with van der Waals surface area (Å²) in [6.45, 7) is 0. The minimum Gasteiger partial charge on any atom is -0.436 e. The molecule has 7 heteroatoms. The summed E-state index contributed by atoms with van der Waals surface area (Å²) in [4.78, 5) is 20.2. The zero-order valence-corrected chi connectivity index (χ0v) is 25.6. The van der Waals surface area contributed by atoms with Gasteiger partial charge in [-0.2, -0.15) is 9.97 Å². The lowest BCUT2D eigenvalue weighted by Crippen LogP contribution is -2.06.